The zero-order chi connectivity index (χ0) is 17.9. The van der Waals surface area contributed by atoms with Gasteiger partial charge in [-0.15, -0.1) is 11.3 Å². The van der Waals surface area contributed by atoms with Crippen LogP contribution < -0.4 is 0 Å². The number of carbonyl (C=O) groups is 1. The highest BCUT2D eigenvalue weighted by atomic mass is 79.9. The zero-order valence-corrected chi connectivity index (χ0v) is 16.4. The number of nitrogens with zero attached hydrogens (tertiary/aromatic N) is 2. The Hall–Kier alpha value is -2.24. The molecule has 1 amide bonds. The van der Waals surface area contributed by atoms with E-state index in [-0.39, 0.29) is 11.9 Å². The summed E-state index contributed by atoms with van der Waals surface area (Å²) in [5.41, 5.74) is 2.67. The molecule has 0 aliphatic carbocycles. The van der Waals surface area contributed by atoms with Crippen molar-refractivity contribution in [3.63, 3.8) is 0 Å². The summed E-state index contributed by atoms with van der Waals surface area (Å²) in [6.45, 7) is 0. The van der Waals surface area contributed by atoms with E-state index in [1.165, 1.54) is 4.88 Å². The van der Waals surface area contributed by atoms with Crippen LogP contribution in [0.4, 0.5) is 0 Å². The zero-order valence-electron chi connectivity index (χ0n) is 14.0. The first-order chi connectivity index (χ1) is 12.7. The second kappa shape index (κ2) is 7.56. The average molecular weight is 425 g/mol. The monoisotopic (exact) mass is 424 g/mol. The SMILES string of the molecule is O=C(c1ccccc1)N1N=C(c2ccc(Br)cc2)CCC1c1cccs1. The van der Waals surface area contributed by atoms with Crippen molar-refractivity contribution in [3.8, 4) is 0 Å². The Morgan fingerprint density at radius 3 is 2.50 bits per heavy atom. The van der Waals surface area contributed by atoms with Crippen LogP contribution in [0, 0.1) is 0 Å². The average Bonchev–Trinajstić information content (AvgIpc) is 3.23. The molecule has 0 fully saturated rings. The van der Waals surface area contributed by atoms with Crippen molar-refractivity contribution in [3.05, 3.63) is 92.6 Å². The maximum atomic E-state index is 13.2. The molecule has 5 heteroatoms. The Morgan fingerprint density at radius 2 is 1.81 bits per heavy atom. The molecule has 0 radical (unpaired) electrons. The van der Waals surface area contributed by atoms with E-state index < -0.39 is 0 Å². The standard InChI is InChI=1S/C21H17BrN2OS/c22-17-10-8-15(9-11-17)18-12-13-19(20-7-4-14-26-20)24(23-18)21(25)16-5-2-1-3-6-16/h1-11,14,19H,12-13H2. The van der Waals surface area contributed by atoms with Crippen LogP contribution in [0.2, 0.25) is 0 Å². The summed E-state index contributed by atoms with van der Waals surface area (Å²) in [4.78, 5) is 14.3. The maximum Gasteiger partial charge on any atom is 0.274 e. The number of rotatable bonds is 3. The van der Waals surface area contributed by atoms with Crippen LogP contribution in [0.25, 0.3) is 0 Å². The third-order valence-corrected chi connectivity index (χ3v) is 5.96. The van der Waals surface area contributed by atoms with Crippen LogP contribution >= 0.6 is 27.3 Å². The van der Waals surface area contributed by atoms with E-state index >= 15 is 0 Å². The summed E-state index contributed by atoms with van der Waals surface area (Å²) < 4.78 is 1.03. The van der Waals surface area contributed by atoms with E-state index in [4.69, 9.17) is 5.10 Å². The fourth-order valence-corrected chi connectivity index (χ4v) is 4.24. The molecule has 0 N–H and O–H groups in total. The molecule has 130 valence electrons. The van der Waals surface area contributed by atoms with Gasteiger partial charge in [-0.25, -0.2) is 5.01 Å². The van der Waals surface area contributed by atoms with E-state index in [9.17, 15) is 4.79 Å². The van der Waals surface area contributed by atoms with E-state index in [2.05, 4.69) is 27.4 Å². The van der Waals surface area contributed by atoms with Crippen molar-refractivity contribution in [1.82, 2.24) is 5.01 Å². The fourth-order valence-electron chi connectivity index (χ4n) is 3.13. The first kappa shape index (κ1) is 17.2. The minimum absolute atomic E-state index is 0.0121. The fraction of sp³-hybridized carbons (Fsp3) is 0.143. The van der Waals surface area contributed by atoms with Gasteiger partial charge in [-0.05, 0) is 54.1 Å². The van der Waals surface area contributed by atoms with Crippen LogP contribution in [0.3, 0.4) is 0 Å². The molecule has 0 spiro atoms. The van der Waals surface area contributed by atoms with E-state index in [1.54, 1.807) is 16.3 Å². The molecule has 3 nitrogen and oxygen atoms in total. The highest BCUT2D eigenvalue weighted by molar-refractivity contribution is 9.10. The number of halogens is 1. The van der Waals surface area contributed by atoms with Gasteiger partial charge in [0.2, 0.25) is 0 Å². The highest BCUT2D eigenvalue weighted by Crippen LogP contribution is 2.35. The van der Waals surface area contributed by atoms with Gasteiger partial charge in [-0.2, -0.15) is 5.10 Å². The molecular weight excluding hydrogens is 408 g/mol. The number of hydrazone groups is 1. The van der Waals surface area contributed by atoms with Gasteiger partial charge in [-0.1, -0.05) is 52.3 Å². The largest absolute Gasteiger partial charge is 0.274 e. The molecule has 2 aromatic carbocycles. The molecule has 1 aliphatic rings. The number of hydrogen-bond acceptors (Lipinski definition) is 3. The third-order valence-electron chi connectivity index (χ3n) is 4.46. The van der Waals surface area contributed by atoms with Gasteiger partial charge in [0.05, 0.1) is 11.8 Å². The number of thiophene rings is 1. The molecule has 0 bridgehead atoms. The molecule has 26 heavy (non-hydrogen) atoms. The van der Waals surface area contributed by atoms with Crippen molar-refractivity contribution in [2.24, 2.45) is 5.10 Å². The Kier molecular flexibility index (Phi) is 5.00. The Balaban J connectivity index is 1.73. The van der Waals surface area contributed by atoms with Crippen molar-refractivity contribution in [2.45, 2.75) is 18.9 Å². The number of carbonyl (C=O) groups excluding carboxylic acids is 1. The van der Waals surface area contributed by atoms with Gasteiger partial charge < -0.3 is 0 Å². The second-order valence-electron chi connectivity index (χ2n) is 6.14. The van der Waals surface area contributed by atoms with Crippen molar-refractivity contribution in [2.75, 3.05) is 0 Å². The lowest BCUT2D eigenvalue weighted by Gasteiger charge is -2.32. The molecule has 4 rings (SSSR count). The molecular formula is C21H17BrN2OS. The first-order valence-corrected chi connectivity index (χ1v) is 10.1. The van der Waals surface area contributed by atoms with Crippen molar-refractivity contribution >= 4 is 38.9 Å². The lowest BCUT2D eigenvalue weighted by Crippen LogP contribution is -2.35. The number of hydrogen-bond donors (Lipinski definition) is 0. The Bertz CT molecular complexity index is 920. The summed E-state index contributed by atoms with van der Waals surface area (Å²) in [6, 6.07) is 21.6. The first-order valence-electron chi connectivity index (χ1n) is 8.48. The summed E-state index contributed by atoms with van der Waals surface area (Å²) >= 11 is 5.14. The minimum atomic E-state index is -0.0571. The third kappa shape index (κ3) is 3.50. The van der Waals surface area contributed by atoms with Crippen molar-refractivity contribution < 1.29 is 4.79 Å². The quantitative estimate of drug-likeness (QED) is 0.515. The normalized spacial score (nSPS) is 17.0. The van der Waals surface area contributed by atoms with Crippen LogP contribution in [0.15, 0.2) is 81.7 Å². The Morgan fingerprint density at radius 1 is 1.04 bits per heavy atom. The summed E-state index contributed by atoms with van der Waals surface area (Å²) in [5.74, 6) is -0.0571. The summed E-state index contributed by atoms with van der Waals surface area (Å²) in [7, 11) is 0. The molecule has 1 atom stereocenters. The van der Waals surface area contributed by atoms with Gasteiger partial charge in [0, 0.05) is 14.9 Å². The predicted molar refractivity (Wildman–Crippen MR) is 110 cm³/mol. The molecule has 0 saturated heterocycles. The second-order valence-corrected chi connectivity index (χ2v) is 8.03. The molecule has 1 aliphatic heterocycles. The van der Waals surface area contributed by atoms with Crippen LogP contribution in [0.5, 0.6) is 0 Å². The van der Waals surface area contributed by atoms with Gasteiger partial charge in [0.15, 0.2) is 0 Å². The van der Waals surface area contributed by atoms with Gasteiger partial charge in [0.25, 0.3) is 5.91 Å². The summed E-state index contributed by atoms with van der Waals surface area (Å²) in [6.07, 6.45) is 1.72. The molecule has 3 aromatic rings. The lowest BCUT2D eigenvalue weighted by molar-refractivity contribution is 0.0664. The lowest BCUT2D eigenvalue weighted by atomic mass is 9.99. The molecule has 1 unspecified atom stereocenters. The van der Waals surface area contributed by atoms with E-state index in [0.717, 1.165) is 28.6 Å². The van der Waals surface area contributed by atoms with E-state index in [1.807, 2.05) is 60.7 Å². The van der Waals surface area contributed by atoms with E-state index in [0.29, 0.717) is 5.56 Å². The molecule has 0 saturated carbocycles. The smallest absolute Gasteiger partial charge is 0.267 e. The topological polar surface area (TPSA) is 32.7 Å². The van der Waals surface area contributed by atoms with Gasteiger partial charge in [-0.3, -0.25) is 4.79 Å². The molecule has 2 heterocycles. The number of benzene rings is 2. The highest BCUT2D eigenvalue weighted by Gasteiger charge is 2.31. The van der Waals surface area contributed by atoms with Gasteiger partial charge in [0.1, 0.15) is 0 Å². The number of amides is 1. The molecule has 1 aromatic heterocycles. The summed E-state index contributed by atoms with van der Waals surface area (Å²) in [5, 5.41) is 8.51. The van der Waals surface area contributed by atoms with Crippen LogP contribution in [0.1, 0.15) is 39.7 Å². The van der Waals surface area contributed by atoms with Crippen LogP contribution in [-0.2, 0) is 0 Å². The van der Waals surface area contributed by atoms with Crippen molar-refractivity contribution in [1.29, 1.82) is 0 Å². The van der Waals surface area contributed by atoms with Crippen LogP contribution in [-0.4, -0.2) is 16.6 Å². The minimum Gasteiger partial charge on any atom is -0.267 e. The Labute approximate surface area is 165 Å². The maximum absolute atomic E-state index is 13.2. The van der Waals surface area contributed by atoms with Gasteiger partial charge >= 0.3 is 0 Å². The predicted octanol–water partition coefficient (Wildman–Crippen LogP) is 5.89.